The number of fused-ring (bicyclic) bond motifs is 1. The highest BCUT2D eigenvalue weighted by Gasteiger charge is 2.21. The van der Waals surface area contributed by atoms with E-state index in [1.807, 2.05) is 55.5 Å². The van der Waals surface area contributed by atoms with Gasteiger partial charge in [-0.3, -0.25) is 19.8 Å². The zero-order valence-corrected chi connectivity index (χ0v) is 20.1. The van der Waals surface area contributed by atoms with Crippen LogP contribution < -0.4 is 10.3 Å². The number of morpholine rings is 1. The summed E-state index contributed by atoms with van der Waals surface area (Å²) in [5.74, 6) is 0.758. The minimum atomic E-state index is -0.155. The quantitative estimate of drug-likeness (QED) is 0.411. The second-order valence-electron chi connectivity index (χ2n) is 8.12. The van der Waals surface area contributed by atoms with Crippen LogP contribution in [0.1, 0.15) is 12.5 Å². The number of ether oxygens (including phenoxy) is 2. The van der Waals surface area contributed by atoms with E-state index in [0.717, 1.165) is 60.1 Å². The lowest BCUT2D eigenvalue weighted by molar-refractivity contribution is 0.0394. The van der Waals surface area contributed by atoms with Gasteiger partial charge in [-0.1, -0.05) is 23.5 Å². The summed E-state index contributed by atoms with van der Waals surface area (Å²) in [6.45, 7) is 6.72. The molecule has 2 aromatic heterocycles. The molecule has 0 spiro atoms. The van der Waals surface area contributed by atoms with Gasteiger partial charge in [-0.15, -0.1) is 0 Å². The number of hydrogen-bond acceptors (Lipinski definition) is 7. The second-order valence-corrected chi connectivity index (χ2v) is 9.13. The van der Waals surface area contributed by atoms with Crippen LogP contribution in [0, 0.1) is 0 Å². The summed E-state index contributed by atoms with van der Waals surface area (Å²) in [5.41, 5.74) is 3.59. The Hall–Kier alpha value is -3.27. The number of aromatic nitrogens is 3. The number of para-hydroxylation sites is 1. The zero-order valence-electron chi connectivity index (χ0n) is 19.3. The van der Waals surface area contributed by atoms with Crippen molar-refractivity contribution in [3.63, 3.8) is 0 Å². The van der Waals surface area contributed by atoms with Gasteiger partial charge in [-0.2, -0.15) is 4.68 Å². The first-order chi connectivity index (χ1) is 16.6. The van der Waals surface area contributed by atoms with E-state index in [1.54, 1.807) is 7.11 Å². The van der Waals surface area contributed by atoms with Crippen LogP contribution in [-0.2, 0) is 4.74 Å². The Morgan fingerprint density at radius 1 is 1.18 bits per heavy atom. The molecule has 176 valence electrons. The van der Waals surface area contributed by atoms with E-state index in [0.29, 0.717) is 23.0 Å². The van der Waals surface area contributed by atoms with Crippen LogP contribution in [0.5, 0.6) is 5.75 Å². The Kier molecular flexibility index (Phi) is 6.57. The fourth-order valence-corrected chi connectivity index (χ4v) is 5.02. The van der Waals surface area contributed by atoms with E-state index in [1.165, 1.54) is 16.0 Å². The molecule has 4 aromatic rings. The summed E-state index contributed by atoms with van der Waals surface area (Å²) >= 11 is 1.48. The van der Waals surface area contributed by atoms with Crippen molar-refractivity contribution in [1.82, 2.24) is 19.7 Å². The fourth-order valence-electron chi connectivity index (χ4n) is 4.09. The zero-order chi connectivity index (χ0) is 23.5. The molecule has 0 atom stereocenters. The molecule has 5 rings (SSSR count). The summed E-state index contributed by atoms with van der Waals surface area (Å²) in [7, 11) is 1.64. The van der Waals surface area contributed by atoms with Gasteiger partial charge in [-0.25, -0.2) is 4.98 Å². The highest BCUT2D eigenvalue weighted by Crippen LogP contribution is 2.27. The lowest BCUT2D eigenvalue weighted by atomic mass is 10.1. The molecule has 34 heavy (non-hydrogen) atoms. The highest BCUT2D eigenvalue weighted by atomic mass is 32.1. The Balaban J connectivity index is 1.53. The largest absolute Gasteiger partial charge is 0.497 e. The standard InChI is InChI=1S/C25H27N5O3S/c1-17(26-11-12-29-13-15-33-16-14-29)22-23(18-7-9-19(32-2)10-8-18)28-30(24(22)31)25-27-20-5-3-4-6-21(20)34-25/h3-10,28H,11-16H2,1-2H3. The average Bonchev–Trinajstić information content (AvgIpc) is 3.45. The molecule has 3 heterocycles. The number of thiazole rings is 1. The molecule has 8 nitrogen and oxygen atoms in total. The van der Waals surface area contributed by atoms with Gasteiger partial charge in [0, 0.05) is 30.9 Å². The van der Waals surface area contributed by atoms with Gasteiger partial charge < -0.3 is 9.47 Å². The molecular weight excluding hydrogens is 450 g/mol. The fraction of sp³-hybridized carbons (Fsp3) is 0.320. The number of aromatic amines is 1. The molecule has 0 aliphatic carbocycles. The van der Waals surface area contributed by atoms with E-state index in [-0.39, 0.29) is 5.56 Å². The molecule has 1 N–H and O–H groups in total. The monoisotopic (exact) mass is 477 g/mol. The third kappa shape index (κ3) is 4.54. The Morgan fingerprint density at radius 3 is 2.68 bits per heavy atom. The van der Waals surface area contributed by atoms with Crippen molar-refractivity contribution in [2.24, 2.45) is 4.99 Å². The third-order valence-electron chi connectivity index (χ3n) is 5.97. The van der Waals surface area contributed by atoms with Gasteiger partial charge in [0.15, 0.2) is 0 Å². The highest BCUT2D eigenvalue weighted by molar-refractivity contribution is 7.20. The van der Waals surface area contributed by atoms with Crippen LogP contribution in [0.15, 0.2) is 58.3 Å². The van der Waals surface area contributed by atoms with Gasteiger partial charge >= 0.3 is 0 Å². The van der Waals surface area contributed by atoms with E-state index >= 15 is 0 Å². The molecule has 1 fully saturated rings. The van der Waals surface area contributed by atoms with Gasteiger partial charge in [0.2, 0.25) is 5.13 Å². The molecule has 1 aliphatic rings. The normalized spacial score (nSPS) is 15.2. The van der Waals surface area contributed by atoms with Crippen molar-refractivity contribution in [2.45, 2.75) is 6.92 Å². The summed E-state index contributed by atoms with van der Waals surface area (Å²) in [6, 6.07) is 15.5. The van der Waals surface area contributed by atoms with Crippen LogP contribution in [0.4, 0.5) is 0 Å². The van der Waals surface area contributed by atoms with Crippen LogP contribution in [0.2, 0.25) is 0 Å². The molecule has 0 saturated carbocycles. The van der Waals surface area contributed by atoms with E-state index in [9.17, 15) is 4.79 Å². The number of nitrogens with zero attached hydrogens (tertiary/aromatic N) is 4. The number of methoxy groups -OCH3 is 1. The van der Waals surface area contributed by atoms with E-state index < -0.39 is 0 Å². The van der Waals surface area contributed by atoms with Crippen molar-refractivity contribution in [2.75, 3.05) is 46.5 Å². The van der Waals surface area contributed by atoms with Crippen LogP contribution in [0.3, 0.4) is 0 Å². The third-order valence-corrected chi connectivity index (χ3v) is 7.00. The molecule has 1 aliphatic heterocycles. The van der Waals surface area contributed by atoms with Gasteiger partial charge in [0.25, 0.3) is 5.56 Å². The van der Waals surface area contributed by atoms with Crippen molar-refractivity contribution in [3.05, 3.63) is 64.4 Å². The predicted octanol–water partition coefficient (Wildman–Crippen LogP) is 3.59. The Bertz CT molecular complexity index is 1330. The van der Waals surface area contributed by atoms with Crippen molar-refractivity contribution in [1.29, 1.82) is 0 Å². The molecule has 0 bridgehead atoms. The Morgan fingerprint density at radius 2 is 1.94 bits per heavy atom. The minimum absolute atomic E-state index is 0.155. The first kappa shape index (κ1) is 22.5. The number of nitrogens with one attached hydrogen (secondary N) is 1. The van der Waals surface area contributed by atoms with Gasteiger partial charge in [0.1, 0.15) is 5.75 Å². The molecule has 9 heteroatoms. The summed E-state index contributed by atoms with van der Waals surface area (Å²) < 4.78 is 13.3. The minimum Gasteiger partial charge on any atom is -0.497 e. The summed E-state index contributed by atoms with van der Waals surface area (Å²) in [5, 5.41) is 3.91. The first-order valence-corrected chi connectivity index (χ1v) is 12.1. The maximum absolute atomic E-state index is 13.6. The lowest BCUT2D eigenvalue weighted by Gasteiger charge is -2.25. The maximum atomic E-state index is 13.6. The first-order valence-electron chi connectivity index (χ1n) is 11.3. The summed E-state index contributed by atoms with van der Waals surface area (Å²) in [4.78, 5) is 25.4. The molecule has 0 unspecified atom stereocenters. The molecule has 0 amide bonds. The number of hydrogen-bond donors (Lipinski definition) is 1. The smallest absolute Gasteiger partial charge is 0.283 e. The topological polar surface area (TPSA) is 84.7 Å². The van der Waals surface area contributed by atoms with E-state index in [2.05, 4.69) is 15.0 Å². The van der Waals surface area contributed by atoms with E-state index in [4.69, 9.17) is 14.5 Å². The second kappa shape index (κ2) is 9.92. The molecule has 2 aromatic carbocycles. The van der Waals surface area contributed by atoms with Crippen LogP contribution >= 0.6 is 11.3 Å². The van der Waals surface area contributed by atoms with Crippen LogP contribution in [-0.4, -0.2) is 71.9 Å². The molecular formula is C25H27N5O3S. The Labute approximate surface area is 201 Å². The maximum Gasteiger partial charge on any atom is 0.283 e. The van der Waals surface area contributed by atoms with Gasteiger partial charge in [0.05, 0.1) is 48.3 Å². The van der Waals surface area contributed by atoms with Crippen molar-refractivity contribution < 1.29 is 9.47 Å². The lowest BCUT2D eigenvalue weighted by Crippen LogP contribution is -2.37. The number of rotatable bonds is 7. The van der Waals surface area contributed by atoms with Crippen molar-refractivity contribution in [3.8, 4) is 22.1 Å². The number of aliphatic imine (C=N–C) groups is 1. The number of H-pyrrole nitrogens is 1. The van der Waals surface area contributed by atoms with Crippen molar-refractivity contribution >= 4 is 27.3 Å². The average molecular weight is 478 g/mol. The predicted molar refractivity (Wildman–Crippen MR) is 136 cm³/mol. The SMILES string of the molecule is COc1ccc(-c2[nH]n(-c3nc4ccccc4s3)c(=O)c2C(C)=NCCN2CCOCC2)cc1. The van der Waals surface area contributed by atoms with Crippen LogP contribution in [0.25, 0.3) is 26.6 Å². The molecule has 1 saturated heterocycles. The summed E-state index contributed by atoms with van der Waals surface area (Å²) in [6.07, 6.45) is 0. The van der Waals surface area contributed by atoms with Gasteiger partial charge in [-0.05, 0) is 43.3 Å². The number of benzene rings is 2. The molecule has 0 radical (unpaired) electrons.